The first-order valence-electron chi connectivity index (χ1n) is 7.74. The van der Waals surface area contributed by atoms with Gasteiger partial charge in [-0.2, -0.15) is 5.10 Å². The highest BCUT2D eigenvalue weighted by Gasteiger charge is 2.06. The molecule has 1 aromatic carbocycles. The van der Waals surface area contributed by atoms with Crippen molar-refractivity contribution in [2.75, 3.05) is 13.2 Å². The molecule has 6 nitrogen and oxygen atoms in total. The molecule has 1 aromatic heterocycles. The van der Waals surface area contributed by atoms with E-state index in [4.69, 9.17) is 27.9 Å². The van der Waals surface area contributed by atoms with Crippen molar-refractivity contribution in [3.05, 3.63) is 50.6 Å². The van der Waals surface area contributed by atoms with Gasteiger partial charge in [-0.25, -0.2) is 5.43 Å². The summed E-state index contributed by atoms with van der Waals surface area (Å²) in [6.07, 6.45) is 2.27. The van der Waals surface area contributed by atoms with Crippen molar-refractivity contribution in [1.82, 2.24) is 10.7 Å². The monoisotopic (exact) mass is 413 g/mol. The highest BCUT2D eigenvalue weighted by atomic mass is 35.5. The first-order valence-corrected chi connectivity index (χ1v) is 9.38. The molecule has 2 aromatic rings. The van der Waals surface area contributed by atoms with Gasteiger partial charge in [0.15, 0.2) is 0 Å². The van der Waals surface area contributed by atoms with Gasteiger partial charge in [0.05, 0.1) is 24.4 Å². The lowest BCUT2D eigenvalue weighted by molar-refractivity contribution is -0.126. The van der Waals surface area contributed by atoms with Crippen LogP contribution in [0, 0.1) is 0 Å². The second kappa shape index (κ2) is 10.8. The van der Waals surface area contributed by atoms with Crippen molar-refractivity contribution in [1.29, 1.82) is 0 Å². The topological polar surface area (TPSA) is 79.8 Å². The minimum atomic E-state index is -0.393. The summed E-state index contributed by atoms with van der Waals surface area (Å²) in [6.45, 7) is 0.191. The Labute approximate surface area is 165 Å². The highest BCUT2D eigenvalue weighted by Crippen LogP contribution is 2.27. The van der Waals surface area contributed by atoms with Crippen molar-refractivity contribution in [2.45, 2.75) is 12.8 Å². The fraction of sp³-hybridized carbons (Fsp3) is 0.235. The quantitative estimate of drug-likeness (QED) is 0.375. The Bertz CT molecular complexity index is 767. The maximum atomic E-state index is 11.7. The Morgan fingerprint density at radius 1 is 1.23 bits per heavy atom. The molecule has 0 aliphatic rings. The minimum Gasteiger partial charge on any atom is -0.492 e. The van der Waals surface area contributed by atoms with Crippen LogP contribution in [0.15, 0.2) is 40.8 Å². The predicted octanol–water partition coefficient (Wildman–Crippen LogP) is 3.48. The molecule has 0 spiro atoms. The number of nitrogens with zero attached hydrogens (tertiary/aromatic N) is 1. The number of hydrogen-bond acceptors (Lipinski definition) is 5. The molecule has 0 saturated carbocycles. The van der Waals surface area contributed by atoms with Crippen molar-refractivity contribution >= 4 is 52.6 Å². The third-order valence-electron chi connectivity index (χ3n) is 3.07. The van der Waals surface area contributed by atoms with Gasteiger partial charge >= 0.3 is 0 Å². The second-order valence-electron chi connectivity index (χ2n) is 5.11. The van der Waals surface area contributed by atoms with Crippen LogP contribution in [-0.2, 0) is 9.59 Å². The predicted molar refractivity (Wildman–Crippen MR) is 104 cm³/mol. The van der Waals surface area contributed by atoms with Gasteiger partial charge in [-0.3, -0.25) is 9.59 Å². The summed E-state index contributed by atoms with van der Waals surface area (Å²) >= 11 is 13.3. The van der Waals surface area contributed by atoms with Gasteiger partial charge in [-0.15, -0.1) is 11.3 Å². The molecule has 2 amide bonds. The zero-order chi connectivity index (χ0) is 18.8. The molecule has 9 heteroatoms. The number of amides is 2. The van der Waals surface area contributed by atoms with Crippen LogP contribution in [0.2, 0.25) is 10.0 Å². The number of nitrogens with one attached hydrogen (secondary N) is 2. The number of carbonyl (C=O) groups is 2. The molecule has 0 atom stereocenters. The average Bonchev–Trinajstić information content (AvgIpc) is 3.12. The summed E-state index contributed by atoms with van der Waals surface area (Å²) in [6, 6.07) is 8.70. The van der Waals surface area contributed by atoms with Crippen LogP contribution in [0.1, 0.15) is 17.7 Å². The minimum absolute atomic E-state index is 0.134. The maximum absolute atomic E-state index is 11.7. The summed E-state index contributed by atoms with van der Waals surface area (Å²) in [5, 5.41) is 9.19. The molecule has 1 heterocycles. The number of carbonyl (C=O) groups excluding carboxylic acids is 2. The lowest BCUT2D eigenvalue weighted by Crippen LogP contribution is -2.34. The van der Waals surface area contributed by atoms with Gasteiger partial charge in [0, 0.05) is 16.3 Å². The molecule has 0 unspecified atom stereocenters. The molecule has 2 rings (SSSR count). The van der Waals surface area contributed by atoms with Gasteiger partial charge in [-0.05, 0) is 36.1 Å². The average molecular weight is 414 g/mol. The number of hydrazone groups is 1. The smallest absolute Gasteiger partial charge is 0.259 e. The van der Waals surface area contributed by atoms with Crippen molar-refractivity contribution in [2.24, 2.45) is 5.10 Å². The van der Waals surface area contributed by atoms with Gasteiger partial charge in [0.25, 0.3) is 5.91 Å². The Balaban J connectivity index is 1.57. The normalized spacial score (nSPS) is 10.7. The number of hydrogen-bond donors (Lipinski definition) is 2. The molecule has 0 bridgehead atoms. The van der Waals surface area contributed by atoms with Crippen LogP contribution in [-0.4, -0.2) is 31.2 Å². The molecule has 0 saturated heterocycles. The summed E-state index contributed by atoms with van der Waals surface area (Å²) in [7, 11) is 0. The van der Waals surface area contributed by atoms with Crippen molar-refractivity contribution in [3.8, 4) is 5.75 Å². The summed E-state index contributed by atoms with van der Waals surface area (Å²) in [5.74, 6) is -0.122. The SMILES string of the molecule is O=C(CCCOc1ccc(Cl)cc1Cl)NCC(=O)N/N=C/c1cccs1. The lowest BCUT2D eigenvalue weighted by atomic mass is 10.3. The summed E-state index contributed by atoms with van der Waals surface area (Å²) in [4.78, 5) is 24.2. The van der Waals surface area contributed by atoms with Gasteiger partial charge in [0.2, 0.25) is 5.91 Å². The van der Waals surface area contributed by atoms with E-state index in [1.165, 1.54) is 11.3 Å². The van der Waals surface area contributed by atoms with Gasteiger partial charge in [0.1, 0.15) is 5.75 Å². The van der Waals surface area contributed by atoms with E-state index in [1.807, 2.05) is 17.5 Å². The van der Waals surface area contributed by atoms with Crippen molar-refractivity contribution < 1.29 is 14.3 Å². The number of benzene rings is 1. The van der Waals surface area contributed by atoms with E-state index in [9.17, 15) is 9.59 Å². The van der Waals surface area contributed by atoms with Crippen molar-refractivity contribution in [3.63, 3.8) is 0 Å². The van der Waals surface area contributed by atoms with E-state index in [1.54, 1.807) is 24.4 Å². The molecule has 2 N–H and O–H groups in total. The van der Waals surface area contributed by atoms with Crippen LogP contribution in [0.25, 0.3) is 0 Å². The standard InChI is InChI=1S/C17H17Cl2N3O3S/c18-12-5-6-15(14(19)9-12)25-7-1-4-16(23)20-11-17(24)22-21-10-13-3-2-8-26-13/h2-3,5-6,8-10H,1,4,7,11H2,(H,20,23)(H,22,24)/b21-10+. The lowest BCUT2D eigenvalue weighted by Gasteiger charge is -2.08. The largest absolute Gasteiger partial charge is 0.492 e. The van der Waals surface area contributed by atoms with E-state index in [-0.39, 0.29) is 18.9 Å². The van der Waals surface area contributed by atoms with E-state index in [2.05, 4.69) is 15.8 Å². The highest BCUT2D eigenvalue weighted by molar-refractivity contribution is 7.11. The van der Waals surface area contributed by atoms with Crippen LogP contribution >= 0.6 is 34.5 Å². The van der Waals surface area contributed by atoms with Gasteiger partial charge in [-0.1, -0.05) is 29.3 Å². The van der Waals surface area contributed by atoms with E-state index >= 15 is 0 Å². The molecule has 0 radical (unpaired) electrons. The molecule has 26 heavy (non-hydrogen) atoms. The Morgan fingerprint density at radius 3 is 2.81 bits per heavy atom. The first kappa shape index (κ1) is 20.2. The van der Waals surface area contributed by atoms with Crippen LogP contribution in [0.3, 0.4) is 0 Å². The van der Waals surface area contributed by atoms with Crippen LogP contribution < -0.4 is 15.5 Å². The molecule has 0 aliphatic heterocycles. The second-order valence-corrected chi connectivity index (χ2v) is 6.93. The number of halogens is 2. The third kappa shape index (κ3) is 7.43. The third-order valence-corrected chi connectivity index (χ3v) is 4.41. The Kier molecular flexibility index (Phi) is 8.40. The Hall–Kier alpha value is -2.09. The van der Waals surface area contributed by atoms with E-state index in [0.29, 0.717) is 28.8 Å². The molecular weight excluding hydrogens is 397 g/mol. The fourth-order valence-electron chi connectivity index (χ4n) is 1.85. The fourth-order valence-corrected chi connectivity index (χ4v) is 2.89. The number of rotatable bonds is 9. The summed E-state index contributed by atoms with van der Waals surface area (Å²) < 4.78 is 5.49. The molecular formula is C17H17Cl2N3O3S. The molecule has 0 aliphatic carbocycles. The van der Waals surface area contributed by atoms with Gasteiger partial charge < -0.3 is 10.1 Å². The van der Waals surface area contributed by atoms with E-state index in [0.717, 1.165) is 4.88 Å². The number of thiophene rings is 1. The van der Waals surface area contributed by atoms with Crippen LogP contribution in [0.5, 0.6) is 5.75 Å². The van der Waals surface area contributed by atoms with E-state index < -0.39 is 5.91 Å². The van der Waals surface area contributed by atoms with Crippen LogP contribution in [0.4, 0.5) is 0 Å². The molecule has 0 fully saturated rings. The summed E-state index contributed by atoms with van der Waals surface area (Å²) in [5.41, 5.74) is 2.35. The molecule has 138 valence electrons. The Morgan fingerprint density at radius 2 is 2.08 bits per heavy atom. The number of ether oxygens (including phenoxy) is 1. The zero-order valence-corrected chi connectivity index (χ0v) is 16.0. The first-order chi connectivity index (χ1) is 12.5. The maximum Gasteiger partial charge on any atom is 0.259 e. The zero-order valence-electron chi connectivity index (χ0n) is 13.7.